The van der Waals surface area contributed by atoms with Crippen LogP contribution in [0.1, 0.15) is 11.7 Å². The largest absolute Gasteiger partial charge is 0.480 e. The molecule has 0 saturated carbocycles. The number of aliphatic carboxylic acids is 1. The maximum Gasteiger partial charge on any atom is 0.326 e. The van der Waals surface area contributed by atoms with Crippen LogP contribution in [0.3, 0.4) is 0 Å². The second-order valence-electron chi connectivity index (χ2n) is 2.70. The van der Waals surface area contributed by atoms with Gasteiger partial charge in [-0.2, -0.15) is 5.10 Å². The van der Waals surface area contributed by atoms with Crippen LogP contribution < -0.4 is 5.32 Å². The number of fused-ring (bicyclic) bond motifs is 1. The monoisotopic (exact) mass is 167 g/mol. The number of hydrogen-bond donors (Lipinski definition) is 2. The summed E-state index contributed by atoms with van der Waals surface area (Å²) >= 11 is 0. The van der Waals surface area contributed by atoms with Crippen molar-refractivity contribution in [2.24, 2.45) is 0 Å². The van der Waals surface area contributed by atoms with Crippen molar-refractivity contribution in [2.45, 2.75) is 12.6 Å². The molecule has 2 heterocycles. The van der Waals surface area contributed by atoms with Gasteiger partial charge in [-0.15, -0.1) is 0 Å². The van der Waals surface area contributed by atoms with Crippen molar-refractivity contribution in [3.8, 4) is 0 Å². The normalized spacial score (nSPS) is 21.8. The minimum atomic E-state index is -0.851. The quantitative estimate of drug-likeness (QED) is 0.598. The molecule has 1 aliphatic heterocycles. The van der Waals surface area contributed by atoms with Gasteiger partial charge < -0.3 is 5.11 Å². The second kappa shape index (κ2) is 2.60. The third kappa shape index (κ3) is 0.984. The van der Waals surface area contributed by atoms with Gasteiger partial charge in [0.2, 0.25) is 0 Å². The molecule has 0 amide bonds. The molecule has 1 aromatic heterocycles. The van der Waals surface area contributed by atoms with Gasteiger partial charge in [0, 0.05) is 12.7 Å². The molecule has 0 aromatic carbocycles. The maximum atomic E-state index is 10.7. The van der Waals surface area contributed by atoms with E-state index < -0.39 is 12.0 Å². The molecule has 0 aliphatic carbocycles. The summed E-state index contributed by atoms with van der Waals surface area (Å²) in [5.74, 6) is -0.851. The summed E-state index contributed by atoms with van der Waals surface area (Å²) in [5, 5.41) is 15.7. The fraction of sp³-hybridized carbons (Fsp3) is 0.429. The molecule has 0 radical (unpaired) electrons. The van der Waals surface area contributed by atoms with E-state index in [0.29, 0.717) is 6.54 Å². The third-order valence-electron chi connectivity index (χ3n) is 1.96. The number of carbonyl (C=O) groups is 1. The van der Waals surface area contributed by atoms with E-state index in [1.165, 1.54) is 0 Å². The Kier molecular flexibility index (Phi) is 1.58. The standard InChI is InChI=1S/C7H9N3O2/c11-7(12)6-5-1-2-9-10(5)4-3-8-6/h1-2,6,8H,3-4H2,(H,11,12). The lowest BCUT2D eigenvalue weighted by molar-refractivity contribution is -0.140. The summed E-state index contributed by atoms with van der Waals surface area (Å²) in [5.41, 5.74) is 0.730. The summed E-state index contributed by atoms with van der Waals surface area (Å²) in [4.78, 5) is 10.7. The molecule has 64 valence electrons. The number of rotatable bonds is 1. The van der Waals surface area contributed by atoms with E-state index in [1.807, 2.05) is 0 Å². The number of nitrogens with one attached hydrogen (secondary N) is 1. The first kappa shape index (κ1) is 7.30. The van der Waals surface area contributed by atoms with Crippen LogP contribution in [-0.2, 0) is 11.3 Å². The molecule has 1 unspecified atom stereocenters. The van der Waals surface area contributed by atoms with Gasteiger partial charge in [0.15, 0.2) is 0 Å². The van der Waals surface area contributed by atoms with Crippen molar-refractivity contribution >= 4 is 5.97 Å². The van der Waals surface area contributed by atoms with Crippen LogP contribution in [0.15, 0.2) is 12.3 Å². The number of carboxylic acids is 1. The number of carboxylic acid groups (broad SMARTS) is 1. The fourth-order valence-electron chi connectivity index (χ4n) is 1.41. The average molecular weight is 167 g/mol. The number of hydrogen-bond acceptors (Lipinski definition) is 3. The molecule has 0 saturated heterocycles. The van der Waals surface area contributed by atoms with Crippen LogP contribution in [0, 0.1) is 0 Å². The van der Waals surface area contributed by atoms with E-state index in [1.54, 1.807) is 16.9 Å². The van der Waals surface area contributed by atoms with Crippen LogP contribution in [0.4, 0.5) is 0 Å². The van der Waals surface area contributed by atoms with E-state index in [9.17, 15) is 4.79 Å². The van der Waals surface area contributed by atoms with Gasteiger partial charge in [0.25, 0.3) is 0 Å². The van der Waals surface area contributed by atoms with Crippen molar-refractivity contribution in [3.05, 3.63) is 18.0 Å². The van der Waals surface area contributed by atoms with Gasteiger partial charge >= 0.3 is 5.97 Å². The molecule has 2 rings (SSSR count). The van der Waals surface area contributed by atoms with E-state index in [2.05, 4.69) is 10.4 Å². The lowest BCUT2D eigenvalue weighted by Crippen LogP contribution is -2.37. The van der Waals surface area contributed by atoms with Gasteiger partial charge in [-0.3, -0.25) is 14.8 Å². The Morgan fingerprint density at radius 3 is 3.42 bits per heavy atom. The second-order valence-corrected chi connectivity index (χ2v) is 2.70. The average Bonchev–Trinajstić information content (AvgIpc) is 2.49. The Morgan fingerprint density at radius 1 is 1.83 bits per heavy atom. The molecule has 5 heteroatoms. The highest BCUT2D eigenvalue weighted by Gasteiger charge is 2.25. The van der Waals surface area contributed by atoms with Crippen molar-refractivity contribution in [2.75, 3.05) is 6.54 Å². The molecule has 5 nitrogen and oxygen atoms in total. The third-order valence-corrected chi connectivity index (χ3v) is 1.96. The topological polar surface area (TPSA) is 67.2 Å². The summed E-state index contributed by atoms with van der Waals surface area (Å²) in [6.45, 7) is 1.40. The zero-order chi connectivity index (χ0) is 8.55. The van der Waals surface area contributed by atoms with Crippen molar-refractivity contribution < 1.29 is 9.90 Å². The predicted octanol–water partition coefficient (Wildman–Crippen LogP) is -0.388. The molecule has 0 spiro atoms. The zero-order valence-electron chi connectivity index (χ0n) is 6.40. The van der Waals surface area contributed by atoms with E-state index in [4.69, 9.17) is 5.11 Å². The zero-order valence-corrected chi connectivity index (χ0v) is 6.40. The van der Waals surface area contributed by atoms with Gasteiger partial charge in [-0.1, -0.05) is 0 Å². The van der Waals surface area contributed by atoms with Crippen LogP contribution >= 0.6 is 0 Å². The molecule has 1 atom stereocenters. The molecule has 2 N–H and O–H groups in total. The SMILES string of the molecule is O=C(O)C1NCCn2nccc21. The first-order valence-electron chi connectivity index (χ1n) is 3.77. The van der Waals surface area contributed by atoms with Gasteiger partial charge in [0.05, 0.1) is 12.2 Å². The van der Waals surface area contributed by atoms with Gasteiger partial charge in [-0.25, -0.2) is 0 Å². The number of aromatic nitrogens is 2. The first-order valence-corrected chi connectivity index (χ1v) is 3.77. The smallest absolute Gasteiger partial charge is 0.326 e. The molecule has 0 bridgehead atoms. The summed E-state index contributed by atoms with van der Waals surface area (Å²) in [7, 11) is 0. The highest BCUT2D eigenvalue weighted by molar-refractivity contribution is 5.75. The maximum absolute atomic E-state index is 10.7. The minimum Gasteiger partial charge on any atom is -0.480 e. The molecular formula is C7H9N3O2. The molecule has 12 heavy (non-hydrogen) atoms. The van der Waals surface area contributed by atoms with Crippen molar-refractivity contribution in [1.29, 1.82) is 0 Å². The molecule has 1 aromatic rings. The lowest BCUT2D eigenvalue weighted by Gasteiger charge is -2.21. The highest BCUT2D eigenvalue weighted by atomic mass is 16.4. The summed E-state index contributed by atoms with van der Waals surface area (Å²) in [6, 6.07) is 1.13. The highest BCUT2D eigenvalue weighted by Crippen LogP contribution is 2.15. The Morgan fingerprint density at radius 2 is 2.67 bits per heavy atom. The van der Waals surface area contributed by atoms with Crippen molar-refractivity contribution in [3.63, 3.8) is 0 Å². The summed E-state index contributed by atoms with van der Waals surface area (Å²) in [6.07, 6.45) is 1.62. The first-order chi connectivity index (χ1) is 5.79. The molecular weight excluding hydrogens is 158 g/mol. The van der Waals surface area contributed by atoms with E-state index in [-0.39, 0.29) is 0 Å². The van der Waals surface area contributed by atoms with E-state index >= 15 is 0 Å². The van der Waals surface area contributed by atoms with Crippen molar-refractivity contribution in [1.82, 2.24) is 15.1 Å². The Bertz CT molecular complexity index is 307. The Balaban J connectivity index is 2.37. The van der Waals surface area contributed by atoms with Crippen LogP contribution in [-0.4, -0.2) is 27.4 Å². The summed E-state index contributed by atoms with van der Waals surface area (Å²) < 4.78 is 1.72. The minimum absolute atomic E-state index is 0.596. The van der Waals surface area contributed by atoms with Crippen LogP contribution in [0.2, 0.25) is 0 Å². The molecule has 1 aliphatic rings. The fourth-order valence-corrected chi connectivity index (χ4v) is 1.41. The Hall–Kier alpha value is -1.36. The predicted molar refractivity (Wildman–Crippen MR) is 40.6 cm³/mol. The molecule has 0 fully saturated rings. The lowest BCUT2D eigenvalue weighted by atomic mass is 10.2. The van der Waals surface area contributed by atoms with Gasteiger partial charge in [0.1, 0.15) is 6.04 Å². The van der Waals surface area contributed by atoms with Gasteiger partial charge in [-0.05, 0) is 6.07 Å². The number of nitrogens with zero attached hydrogens (tertiary/aromatic N) is 2. The van der Waals surface area contributed by atoms with Crippen LogP contribution in [0.5, 0.6) is 0 Å². The van der Waals surface area contributed by atoms with E-state index in [0.717, 1.165) is 12.2 Å². The Labute approximate surface area is 69.0 Å². The van der Waals surface area contributed by atoms with Crippen LogP contribution in [0.25, 0.3) is 0 Å².